The molecule has 28 heavy (non-hydrogen) atoms. The van der Waals surface area contributed by atoms with E-state index in [9.17, 15) is 4.79 Å². The second kappa shape index (κ2) is 8.08. The van der Waals surface area contributed by atoms with Crippen molar-refractivity contribution in [2.24, 2.45) is 0 Å². The maximum Gasteiger partial charge on any atom is 0.274 e. The van der Waals surface area contributed by atoms with E-state index in [1.54, 1.807) is 6.07 Å². The van der Waals surface area contributed by atoms with Gasteiger partial charge in [-0.25, -0.2) is 9.97 Å². The minimum absolute atomic E-state index is 0.260. The lowest BCUT2D eigenvalue weighted by Gasteiger charge is -2.17. The lowest BCUT2D eigenvalue weighted by Crippen LogP contribution is -2.17. The van der Waals surface area contributed by atoms with Crippen molar-refractivity contribution >= 4 is 28.9 Å². The van der Waals surface area contributed by atoms with E-state index in [0.717, 1.165) is 30.2 Å². The van der Waals surface area contributed by atoms with Crippen molar-refractivity contribution in [2.45, 2.75) is 19.8 Å². The summed E-state index contributed by atoms with van der Waals surface area (Å²) in [5, 5.41) is 6.05. The number of aryl methyl sites for hydroxylation is 1. The molecule has 2 N–H and O–H groups in total. The van der Waals surface area contributed by atoms with E-state index in [1.807, 2.05) is 49.4 Å². The number of carbonyl (C=O) groups is 1. The second-order valence-corrected chi connectivity index (χ2v) is 6.90. The zero-order valence-corrected chi connectivity index (χ0v) is 15.9. The maximum atomic E-state index is 12.5. The molecule has 0 unspecified atom stereocenters. The minimum Gasteiger partial charge on any atom is -0.372 e. The van der Waals surface area contributed by atoms with Crippen LogP contribution in [0, 0.1) is 6.92 Å². The normalized spacial score (nSPS) is 13.4. The number of aromatic nitrogens is 2. The van der Waals surface area contributed by atoms with Crippen LogP contribution in [-0.2, 0) is 0 Å². The number of rotatable bonds is 5. The molecule has 1 amide bonds. The highest BCUT2D eigenvalue weighted by Gasteiger charge is 2.13. The van der Waals surface area contributed by atoms with Crippen LogP contribution in [0.5, 0.6) is 0 Å². The number of hydrogen-bond acceptors (Lipinski definition) is 5. The molecule has 2 heterocycles. The van der Waals surface area contributed by atoms with E-state index >= 15 is 0 Å². The summed E-state index contributed by atoms with van der Waals surface area (Å²) in [5.74, 6) is 0.149. The number of amides is 1. The number of nitrogens with one attached hydrogen (secondary N) is 2. The van der Waals surface area contributed by atoms with Gasteiger partial charge in [0.25, 0.3) is 5.91 Å². The summed E-state index contributed by atoms with van der Waals surface area (Å²) in [7, 11) is 0. The Kier molecular flexibility index (Phi) is 5.19. The number of anilines is 4. The molecule has 1 saturated heterocycles. The Morgan fingerprint density at radius 3 is 2.36 bits per heavy atom. The van der Waals surface area contributed by atoms with Crippen molar-refractivity contribution in [3.63, 3.8) is 0 Å². The molecule has 0 saturated carbocycles. The second-order valence-electron chi connectivity index (χ2n) is 6.90. The molecular formula is C22H23N5O. The number of carbonyl (C=O) groups excluding carboxylic acids is 1. The first-order valence-corrected chi connectivity index (χ1v) is 9.51. The lowest BCUT2D eigenvalue weighted by molar-refractivity contribution is 0.102. The van der Waals surface area contributed by atoms with E-state index in [4.69, 9.17) is 0 Å². The van der Waals surface area contributed by atoms with E-state index in [0.29, 0.717) is 11.6 Å². The molecule has 0 bridgehead atoms. The molecule has 0 radical (unpaired) electrons. The molecule has 3 aromatic rings. The van der Waals surface area contributed by atoms with Crippen LogP contribution in [0.4, 0.5) is 23.0 Å². The molecule has 1 aliphatic rings. The number of benzene rings is 2. The molecule has 2 aromatic carbocycles. The molecule has 1 aromatic heterocycles. The molecule has 1 aliphatic heterocycles. The predicted molar refractivity (Wildman–Crippen MR) is 112 cm³/mol. The van der Waals surface area contributed by atoms with E-state index < -0.39 is 0 Å². The van der Waals surface area contributed by atoms with Crippen LogP contribution in [-0.4, -0.2) is 29.0 Å². The van der Waals surface area contributed by atoms with Gasteiger partial charge < -0.3 is 15.5 Å². The number of para-hydroxylation sites is 1. The van der Waals surface area contributed by atoms with E-state index in [-0.39, 0.29) is 5.91 Å². The first kappa shape index (κ1) is 18.0. The van der Waals surface area contributed by atoms with Crippen molar-refractivity contribution < 1.29 is 4.79 Å². The monoisotopic (exact) mass is 373 g/mol. The third-order valence-corrected chi connectivity index (χ3v) is 4.71. The van der Waals surface area contributed by atoms with Gasteiger partial charge in [-0.3, -0.25) is 4.79 Å². The Morgan fingerprint density at radius 1 is 0.929 bits per heavy atom. The van der Waals surface area contributed by atoms with Crippen LogP contribution >= 0.6 is 0 Å². The topological polar surface area (TPSA) is 70.2 Å². The summed E-state index contributed by atoms with van der Waals surface area (Å²) in [6, 6.07) is 19.3. The Labute approximate surface area is 164 Å². The first-order chi connectivity index (χ1) is 13.7. The molecule has 0 atom stereocenters. The maximum absolute atomic E-state index is 12.5. The summed E-state index contributed by atoms with van der Waals surface area (Å²) in [4.78, 5) is 23.7. The third-order valence-electron chi connectivity index (χ3n) is 4.71. The van der Waals surface area contributed by atoms with Gasteiger partial charge in [0, 0.05) is 35.8 Å². The molecule has 0 spiro atoms. The van der Waals surface area contributed by atoms with Gasteiger partial charge in [-0.15, -0.1) is 0 Å². The van der Waals surface area contributed by atoms with E-state index in [2.05, 4.69) is 37.6 Å². The third kappa shape index (κ3) is 4.28. The Hall–Kier alpha value is -3.41. The highest BCUT2D eigenvalue weighted by Crippen LogP contribution is 2.23. The van der Waals surface area contributed by atoms with Crippen LogP contribution in [0.2, 0.25) is 0 Å². The zero-order valence-electron chi connectivity index (χ0n) is 15.9. The summed E-state index contributed by atoms with van der Waals surface area (Å²) < 4.78 is 0. The van der Waals surface area contributed by atoms with Crippen molar-refractivity contribution in [2.75, 3.05) is 28.6 Å². The first-order valence-electron chi connectivity index (χ1n) is 9.51. The van der Waals surface area contributed by atoms with Crippen LogP contribution in [0.25, 0.3) is 0 Å². The molecule has 4 rings (SSSR count). The van der Waals surface area contributed by atoms with Gasteiger partial charge in [0.05, 0.1) is 0 Å². The van der Waals surface area contributed by atoms with Crippen molar-refractivity contribution in [1.82, 2.24) is 9.97 Å². The Balaban J connectivity index is 1.48. The highest BCUT2D eigenvalue weighted by molar-refractivity contribution is 6.03. The van der Waals surface area contributed by atoms with Gasteiger partial charge in [-0.1, -0.05) is 18.2 Å². The SMILES string of the molecule is Cc1cc(C(=O)Nc2ccccc2)nc(Nc2ccc(N3CCCC3)cc2)n1. The lowest BCUT2D eigenvalue weighted by atomic mass is 10.2. The van der Waals surface area contributed by atoms with Gasteiger partial charge >= 0.3 is 0 Å². The van der Waals surface area contributed by atoms with Gasteiger partial charge in [0.15, 0.2) is 0 Å². The number of nitrogens with zero attached hydrogens (tertiary/aromatic N) is 3. The Bertz CT molecular complexity index is 950. The average Bonchev–Trinajstić information content (AvgIpc) is 3.24. The summed E-state index contributed by atoms with van der Waals surface area (Å²) in [5.41, 5.74) is 3.91. The summed E-state index contributed by atoms with van der Waals surface area (Å²) in [6.07, 6.45) is 2.51. The van der Waals surface area contributed by atoms with Gasteiger partial charge in [-0.2, -0.15) is 0 Å². The summed E-state index contributed by atoms with van der Waals surface area (Å²) in [6.45, 7) is 4.09. The molecule has 6 heteroatoms. The smallest absolute Gasteiger partial charge is 0.274 e. The average molecular weight is 373 g/mol. The standard InChI is InChI=1S/C22H23N5O/c1-16-15-20(21(28)24-17-7-3-2-4-8-17)26-22(23-16)25-18-9-11-19(12-10-18)27-13-5-6-14-27/h2-4,7-12,15H,5-6,13-14H2,1H3,(H,24,28)(H,23,25,26). The largest absolute Gasteiger partial charge is 0.372 e. The van der Waals surface area contributed by atoms with Crippen LogP contribution in [0.1, 0.15) is 29.0 Å². The van der Waals surface area contributed by atoms with E-state index in [1.165, 1.54) is 18.5 Å². The fourth-order valence-electron chi connectivity index (χ4n) is 3.32. The van der Waals surface area contributed by atoms with Crippen molar-refractivity contribution in [1.29, 1.82) is 0 Å². The van der Waals surface area contributed by atoms with Crippen LogP contribution in [0.15, 0.2) is 60.7 Å². The van der Waals surface area contributed by atoms with Crippen molar-refractivity contribution in [3.8, 4) is 0 Å². The fraction of sp³-hybridized carbons (Fsp3) is 0.227. The zero-order chi connectivity index (χ0) is 19.3. The molecule has 0 aliphatic carbocycles. The quantitative estimate of drug-likeness (QED) is 0.694. The van der Waals surface area contributed by atoms with Crippen LogP contribution < -0.4 is 15.5 Å². The summed E-state index contributed by atoms with van der Waals surface area (Å²) >= 11 is 0. The predicted octanol–water partition coefficient (Wildman–Crippen LogP) is 4.38. The Morgan fingerprint density at radius 2 is 1.64 bits per heavy atom. The molecule has 142 valence electrons. The van der Waals surface area contributed by atoms with Gasteiger partial charge in [-0.05, 0) is 62.2 Å². The molecular weight excluding hydrogens is 350 g/mol. The van der Waals surface area contributed by atoms with Crippen LogP contribution in [0.3, 0.4) is 0 Å². The number of hydrogen-bond donors (Lipinski definition) is 2. The minimum atomic E-state index is -0.260. The fourth-order valence-corrected chi connectivity index (χ4v) is 3.32. The van der Waals surface area contributed by atoms with Gasteiger partial charge in [0.1, 0.15) is 5.69 Å². The molecule has 1 fully saturated rings. The van der Waals surface area contributed by atoms with Gasteiger partial charge in [0.2, 0.25) is 5.95 Å². The highest BCUT2D eigenvalue weighted by atomic mass is 16.1. The van der Waals surface area contributed by atoms with Crippen molar-refractivity contribution in [3.05, 3.63) is 72.1 Å². The molecule has 6 nitrogen and oxygen atoms in total.